The maximum atomic E-state index is 9.08. The van der Waals surface area contributed by atoms with E-state index in [1.54, 1.807) is 7.11 Å². The van der Waals surface area contributed by atoms with Gasteiger partial charge in [-0.3, -0.25) is 0 Å². The molecular formula is C7H14O3. The van der Waals surface area contributed by atoms with Gasteiger partial charge in [0.05, 0.1) is 12.2 Å². The molecule has 0 aromatic rings. The molecule has 1 saturated heterocycles. The number of hydrogen-bond donors (Lipinski definition) is 1. The van der Waals surface area contributed by atoms with E-state index in [1.165, 1.54) is 0 Å². The van der Waals surface area contributed by atoms with Gasteiger partial charge >= 0.3 is 0 Å². The molecule has 0 aliphatic carbocycles. The van der Waals surface area contributed by atoms with E-state index in [2.05, 4.69) is 0 Å². The van der Waals surface area contributed by atoms with Gasteiger partial charge in [0.25, 0.3) is 0 Å². The normalized spacial score (nSPS) is 41.7. The van der Waals surface area contributed by atoms with Crippen molar-refractivity contribution < 1.29 is 14.6 Å². The molecule has 0 bridgehead atoms. The van der Waals surface area contributed by atoms with Crippen molar-refractivity contribution in [3.05, 3.63) is 0 Å². The molecule has 60 valence electrons. The van der Waals surface area contributed by atoms with Gasteiger partial charge in [0.1, 0.15) is 0 Å². The van der Waals surface area contributed by atoms with Crippen LogP contribution < -0.4 is 0 Å². The summed E-state index contributed by atoms with van der Waals surface area (Å²) in [7, 11) is 1.66. The van der Waals surface area contributed by atoms with E-state index in [9.17, 15) is 0 Å². The van der Waals surface area contributed by atoms with Crippen LogP contribution >= 0.6 is 0 Å². The standard InChI is InChI=1S/C7H14O3/c1-5-3-6(9-2)4-7(8)10-5/h5-8H,3-4H2,1-2H3. The van der Waals surface area contributed by atoms with Crippen molar-refractivity contribution in [1.29, 1.82) is 0 Å². The minimum atomic E-state index is -0.631. The molecule has 3 unspecified atom stereocenters. The maximum absolute atomic E-state index is 9.08. The highest BCUT2D eigenvalue weighted by Crippen LogP contribution is 2.19. The Hall–Kier alpha value is -0.120. The lowest BCUT2D eigenvalue weighted by Gasteiger charge is -2.29. The highest BCUT2D eigenvalue weighted by molar-refractivity contribution is 4.69. The number of aliphatic hydroxyl groups excluding tert-OH is 1. The molecule has 0 amide bonds. The minimum absolute atomic E-state index is 0.119. The second kappa shape index (κ2) is 3.32. The summed E-state index contributed by atoms with van der Waals surface area (Å²) in [6, 6.07) is 0. The van der Waals surface area contributed by atoms with Crippen LogP contribution in [0.1, 0.15) is 19.8 Å². The van der Waals surface area contributed by atoms with Crippen LogP contribution in [0.5, 0.6) is 0 Å². The lowest BCUT2D eigenvalue weighted by atomic mass is 10.1. The number of hydrogen-bond acceptors (Lipinski definition) is 3. The van der Waals surface area contributed by atoms with Crippen molar-refractivity contribution in [2.45, 2.75) is 38.3 Å². The molecule has 3 nitrogen and oxygen atoms in total. The van der Waals surface area contributed by atoms with Gasteiger partial charge in [-0.15, -0.1) is 0 Å². The van der Waals surface area contributed by atoms with Crippen LogP contribution in [-0.2, 0) is 9.47 Å². The summed E-state index contributed by atoms with van der Waals surface area (Å²) in [4.78, 5) is 0. The molecule has 1 aliphatic rings. The van der Waals surface area contributed by atoms with Crippen LogP contribution in [0.15, 0.2) is 0 Å². The first-order chi connectivity index (χ1) is 4.72. The van der Waals surface area contributed by atoms with Gasteiger partial charge in [-0.25, -0.2) is 0 Å². The van der Waals surface area contributed by atoms with E-state index in [0.717, 1.165) is 6.42 Å². The van der Waals surface area contributed by atoms with Crippen molar-refractivity contribution in [3.8, 4) is 0 Å². The van der Waals surface area contributed by atoms with Crippen LogP contribution in [0.4, 0.5) is 0 Å². The van der Waals surface area contributed by atoms with E-state index in [4.69, 9.17) is 14.6 Å². The first-order valence-corrected chi connectivity index (χ1v) is 3.58. The van der Waals surface area contributed by atoms with Crippen LogP contribution in [-0.4, -0.2) is 30.7 Å². The average molecular weight is 146 g/mol. The molecule has 0 aromatic heterocycles. The quantitative estimate of drug-likeness (QED) is 0.586. The fourth-order valence-electron chi connectivity index (χ4n) is 1.26. The highest BCUT2D eigenvalue weighted by atomic mass is 16.6. The summed E-state index contributed by atoms with van der Waals surface area (Å²) in [5, 5.41) is 9.08. The molecule has 3 heteroatoms. The lowest BCUT2D eigenvalue weighted by Crippen LogP contribution is -2.34. The summed E-state index contributed by atoms with van der Waals surface area (Å²) < 4.78 is 10.2. The predicted molar refractivity (Wildman–Crippen MR) is 36.6 cm³/mol. The van der Waals surface area contributed by atoms with E-state index < -0.39 is 6.29 Å². The van der Waals surface area contributed by atoms with Crippen molar-refractivity contribution in [2.24, 2.45) is 0 Å². The minimum Gasteiger partial charge on any atom is -0.381 e. The fraction of sp³-hybridized carbons (Fsp3) is 1.00. The van der Waals surface area contributed by atoms with Crippen LogP contribution in [0.3, 0.4) is 0 Å². The molecule has 1 rings (SSSR count). The third-order valence-electron chi connectivity index (χ3n) is 1.78. The summed E-state index contributed by atoms with van der Waals surface area (Å²) in [6.45, 7) is 1.94. The monoisotopic (exact) mass is 146 g/mol. The Morgan fingerprint density at radius 3 is 2.70 bits per heavy atom. The van der Waals surface area contributed by atoms with E-state index in [-0.39, 0.29) is 12.2 Å². The van der Waals surface area contributed by atoms with Crippen molar-refractivity contribution in [2.75, 3.05) is 7.11 Å². The second-order valence-electron chi connectivity index (χ2n) is 2.73. The molecular weight excluding hydrogens is 132 g/mol. The summed E-state index contributed by atoms with van der Waals surface area (Å²) >= 11 is 0. The van der Waals surface area contributed by atoms with Crippen LogP contribution in [0.2, 0.25) is 0 Å². The van der Waals surface area contributed by atoms with E-state index in [1.807, 2.05) is 6.92 Å². The fourth-order valence-corrected chi connectivity index (χ4v) is 1.26. The van der Waals surface area contributed by atoms with Crippen molar-refractivity contribution >= 4 is 0 Å². The van der Waals surface area contributed by atoms with Crippen molar-refractivity contribution in [3.63, 3.8) is 0 Å². The summed E-state index contributed by atoms with van der Waals surface area (Å²) in [5.74, 6) is 0. The zero-order valence-electron chi connectivity index (χ0n) is 6.41. The molecule has 0 radical (unpaired) electrons. The zero-order valence-corrected chi connectivity index (χ0v) is 6.41. The Morgan fingerprint density at radius 1 is 1.50 bits per heavy atom. The number of ether oxygens (including phenoxy) is 2. The smallest absolute Gasteiger partial charge is 0.157 e. The Kier molecular flexibility index (Phi) is 2.65. The zero-order chi connectivity index (χ0) is 7.56. The van der Waals surface area contributed by atoms with Gasteiger partial charge in [0.15, 0.2) is 6.29 Å². The van der Waals surface area contributed by atoms with Gasteiger partial charge in [-0.2, -0.15) is 0 Å². The molecule has 0 aromatic carbocycles. The number of methoxy groups -OCH3 is 1. The molecule has 1 heterocycles. The predicted octanol–water partition coefficient (Wildman–Crippen LogP) is 0.519. The average Bonchev–Trinajstić information content (AvgIpc) is 1.85. The molecule has 1 aliphatic heterocycles. The Bertz CT molecular complexity index is 95.0. The molecule has 1 N–H and O–H groups in total. The third kappa shape index (κ3) is 1.94. The van der Waals surface area contributed by atoms with E-state index >= 15 is 0 Å². The molecule has 3 atom stereocenters. The van der Waals surface area contributed by atoms with Gasteiger partial charge in [0.2, 0.25) is 0 Å². The third-order valence-corrected chi connectivity index (χ3v) is 1.78. The molecule has 0 spiro atoms. The topological polar surface area (TPSA) is 38.7 Å². The Labute approximate surface area is 60.9 Å². The van der Waals surface area contributed by atoms with Crippen LogP contribution in [0.25, 0.3) is 0 Å². The molecule has 0 saturated carbocycles. The molecule has 1 fully saturated rings. The van der Waals surface area contributed by atoms with Crippen molar-refractivity contribution in [1.82, 2.24) is 0 Å². The Balaban J connectivity index is 2.35. The SMILES string of the molecule is COC1CC(C)OC(O)C1. The number of rotatable bonds is 1. The van der Waals surface area contributed by atoms with Gasteiger partial charge in [-0.1, -0.05) is 0 Å². The van der Waals surface area contributed by atoms with Gasteiger partial charge < -0.3 is 14.6 Å². The molecule has 10 heavy (non-hydrogen) atoms. The maximum Gasteiger partial charge on any atom is 0.157 e. The van der Waals surface area contributed by atoms with Gasteiger partial charge in [-0.05, 0) is 13.3 Å². The second-order valence-corrected chi connectivity index (χ2v) is 2.73. The first kappa shape index (κ1) is 7.98. The summed E-state index contributed by atoms with van der Waals surface area (Å²) in [5.41, 5.74) is 0. The van der Waals surface area contributed by atoms with E-state index in [0.29, 0.717) is 6.42 Å². The Morgan fingerprint density at radius 2 is 2.20 bits per heavy atom. The van der Waals surface area contributed by atoms with Crippen LogP contribution in [0, 0.1) is 0 Å². The lowest BCUT2D eigenvalue weighted by molar-refractivity contribution is -0.188. The number of aliphatic hydroxyl groups is 1. The van der Waals surface area contributed by atoms with Gasteiger partial charge in [0, 0.05) is 13.5 Å². The highest BCUT2D eigenvalue weighted by Gasteiger charge is 2.24. The largest absolute Gasteiger partial charge is 0.381 e. The first-order valence-electron chi connectivity index (χ1n) is 3.58. The summed E-state index contributed by atoms with van der Waals surface area (Å²) in [6.07, 6.45) is 1.13.